The molecule has 2 heterocycles. The van der Waals surface area contributed by atoms with Gasteiger partial charge in [0.05, 0.1) is 31.9 Å². The standard InChI is InChI=1S/C13H23N4O3S/c1-13(2,3)14-8-10(18)9-20-12-11(15-21-16-12)17-4-6-19-7-5-17/h10,14,18H,1,4-9H2,2-3H3/q+1/t10-/m0/s1. The molecule has 118 valence electrons. The summed E-state index contributed by atoms with van der Waals surface area (Å²) in [6.07, 6.45) is -0.620. The molecule has 1 saturated heterocycles. The van der Waals surface area contributed by atoms with Crippen LogP contribution in [0.1, 0.15) is 13.8 Å². The zero-order chi connectivity index (χ0) is 15.3. The van der Waals surface area contributed by atoms with E-state index in [2.05, 4.69) is 25.9 Å². The van der Waals surface area contributed by atoms with E-state index in [4.69, 9.17) is 9.47 Å². The van der Waals surface area contributed by atoms with Gasteiger partial charge in [-0.3, -0.25) is 5.32 Å². The molecule has 1 aliphatic rings. The molecule has 0 saturated carbocycles. The van der Waals surface area contributed by atoms with Crippen LogP contribution in [0, 0.1) is 6.92 Å². The molecule has 0 bridgehead atoms. The molecule has 0 unspecified atom stereocenters. The summed E-state index contributed by atoms with van der Waals surface area (Å²) in [4.78, 5) is 2.09. The first-order chi connectivity index (χ1) is 9.96. The number of rotatable bonds is 7. The summed E-state index contributed by atoms with van der Waals surface area (Å²) >= 11 is 1.11. The van der Waals surface area contributed by atoms with Crippen LogP contribution in [0.4, 0.5) is 5.82 Å². The molecule has 2 N–H and O–H groups in total. The Morgan fingerprint density at radius 2 is 2.19 bits per heavy atom. The van der Waals surface area contributed by atoms with Crippen molar-refractivity contribution in [2.75, 3.05) is 44.4 Å². The van der Waals surface area contributed by atoms with Crippen molar-refractivity contribution in [3.63, 3.8) is 0 Å². The maximum Gasteiger partial charge on any atom is 0.270 e. The molecule has 0 radical (unpaired) electrons. The lowest BCUT2D eigenvalue weighted by Gasteiger charge is -2.27. The Morgan fingerprint density at radius 3 is 2.86 bits per heavy atom. The number of β-amino-alcohol motifs (C(OH)–C–C–N with tert-alkyl or cyclic N) is 1. The van der Waals surface area contributed by atoms with Gasteiger partial charge in [0, 0.05) is 19.6 Å². The topological polar surface area (TPSA) is 79.7 Å². The Hall–Kier alpha value is -1.09. The van der Waals surface area contributed by atoms with E-state index in [1.54, 1.807) is 0 Å². The number of aromatic nitrogens is 2. The van der Waals surface area contributed by atoms with Crippen molar-refractivity contribution >= 4 is 17.5 Å². The highest BCUT2D eigenvalue weighted by Crippen LogP contribution is 2.26. The van der Waals surface area contributed by atoms with E-state index in [0.29, 0.717) is 25.6 Å². The number of aliphatic hydroxyl groups excluding tert-OH is 1. The summed E-state index contributed by atoms with van der Waals surface area (Å²) in [5.74, 6) is 1.22. The van der Waals surface area contributed by atoms with Gasteiger partial charge < -0.3 is 19.5 Å². The maximum absolute atomic E-state index is 9.92. The Balaban J connectivity index is 1.82. The Labute approximate surface area is 129 Å². The monoisotopic (exact) mass is 315 g/mol. The van der Waals surface area contributed by atoms with Crippen LogP contribution in [-0.4, -0.2) is 65.0 Å². The van der Waals surface area contributed by atoms with Crippen LogP contribution in [0.2, 0.25) is 0 Å². The second-order valence-electron chi connectivity index (χ2n) is 5.72. The van der Waals surface area contributed by atoms with Crippen molar-refractivity contribution in [3.05, 3.63) is 6.92 Å². The minimum absolute atomic E-state index is 0.172. The Morgan fingerprint density at radius 1 is 1.48 bits per heavy atom. The van der Waals surface area contributed by atoms with Crippen molar-refractivity contribution < 1.29 is 14.6 Å². The molecule has 7 nitrogen and oxygen atoms in total. The first-order valence-electron chi connectivity index (χ1n) is 7.02. The highest BCUT2D eigenvalue weighted by molar-refractivity contribution is 6.99. The van der Waals surface area contributed by atoms with Crippen molar-refractivity contribution in [1.29, 1.82) is 0 Å². The van der Waals surface area contributed by atoms with E-state index < -0.39 is 6.10 Å². The lowest BCUT2D eigenvalue weighted by Crippen LogP contribution is -2.42. The van der Waals surface area contributed by atoms with Gasteiger partial charge in [-0.25, -0.2) is 0 Å². The largest absolute Gasteiger partial charge is 0.472 e. The number of ether oxygens (including phenoxy) is 2. The summed E-state index contributed by atoms with van der Waals surface area (Å²) in [5, 5.41) is 13.0. The van der Waals surface area contributed by atoms with E-state index in [0.717, 1.165) is 30.6 Å². The maximum atomic E-state index is 9.92. The first-order valence-corrected chi connectivity index (χ1v) is 7.75. The number of hydrogen-bond acceptors (Lipinski definition) is 8. The molecule has 1 fully saturated rings. The smallest absolute Gasteiger partial charge is 0.270 e. The molecule has 8 heteroatoms. The Kier molecular flexibility index (Phi) is 5.63. The number of aliphatic hydroxyl groups is 1. The number of morpholine rings is 1. The fourth-order valence-electron chi connectivity index (χ4n) is 1.86. The van der Waals surface area contributed by atoms with Gasteiger partial charge in [-0.1, -0.05) is 0 Å². The molecule has 0 aliphatic carbocycles. The predicted molar refractivity (Wildman–Crippen MR) is 81.9 cm³/mol. The molecule has 1 atom stereocenters. The van der Waals surface area contributed by atoms with Gasteiger partial charge >= 0.3 is 0 Å². The molecule has 1 aromatic rings. The van der Waals surface area contributed by atoms with Crippen molar-refractivity contribution in [3.8, 4) is 5.88 Å². The van der Waals surface area contributed by atoms with Crippen LogP contribution in [0.5, 0.6) is 5.88 Å². The summed E-state index contributed by atoms with van der Waals surface area (Å²) in [7, 11) is 0. The van der Waals surface area contributed by atoms with Crippen LogP contribution in [0.25, 0.3) is 0 Å². The summed E-state index contributed by atoms with van der Waals surface area (Å²) < 4.78 is 19.3. The molecule has 0 spiro atoms. The van der Waals surface area contributed by atoms with E-state index in [9.17, 15) is 5.11 Å². The summed E-state index contributed by atoms with van der Waals surface area (Å²) in [6, 6.07) is 0. The van der Waals surface area contributed by atoms with Crippen LogP contribution >= 0.6 is 11.7 Å². The fraction of sp³-hybridized carbons (Fsp3) is 0.769. The van der Waals surface area contributed by atoms with Crippen molar-refractivity contribution in [2.24, 2.45) is 0 Å². The van der Waals surface area contributed by atoms with Crippen LogP contribution in [0.15, 0.2) is 0 Å². The third-order valence-corrected chi connectivity index (χ3v) is 3.48. The molecule has 1 aliphatic heterocycles. The second kappa shape index (κ2) is 7.26. The van der Waals surface area contributed by atoms with Crippen LogP contribution in [0.3, 0.4) is 0 Å². The summed E-state index contributed by atoms with van der Waals surface area (Å²) in [6.45, 7) is 11.3. The van der Waals surface area contributed by atoms with E-state index >= 15 is 0 Å². The molecule has 0 aromatic carbocycles. The molecule has 21 heavy (non-hydrogen) atoms. The highest BCUT2D eigenvalue weighted by atomic mass is 32.1. The number of nitrogens with zero attached hydrogens (tertiary/aromatic N) is 3. The molecular weight excluding hydrogens is 292 g/mol. The van der Waals surface area contributed by atoms with Gasteiger partial charge in [-0.15, -0.1) is 4.37 Å². The third-order valence-electron chi connectivity index (χ3n) is 2.98. The molecular formula is C13H23N4O3S+. The fourth-order valence-corrected chi connectivity index (χ4v) is 2.38. The normalized spacial score (nSPS) is 17.8. The van der Waals surface area contributed by atoms with E-state index in [1.165, 1.54) is 0 Å². The van der Waals surface area contributed by atoms with Crippen molar-refractivity contribution in [1.82, 2.24) is 14.1 Å². The lowest BCUT2D eigenvalue weighted by atomic mass is 10.1. The van der Waals surface area contributed by atoms with Crippen LogP contribution in [-0.2, 0) is 4.74 Å². The minimum Gasteiger partial charge on any atom is -0.472 e. The summed E-state index contributed by atoms with van der Waals surface area (Å²) in [5.41, 5.74) is -0.276. The predicted octanol–water partition coefficient (Wildman–Crippen LogP) is 0.317. The minimum atomic E-state index is -0.620. The first kappa shape index (κ1) is 16.3. The number of nitrogens with one attached hydrogen (secondary N) is 1. The molecule has 1 aromatic heterocycles. The highest BCUT2D eigenvalue weighted by Gasteiger charge is 2.22. The average Bonchev–Trinajstić information content (AvgIpc) is 2.91. The zero-order valence-corrected chi connectivity index (χ0v) is 13.4. The third kappa shape index (κ3) is 5.31. The van der Waals surface area contributed by atoms with Gasteiger partial charge in [0.2, 0.25) is 5.82 Å². The van der Waals surface area contributed by atoms with Crippen LogP contribution < -0.4 is 15.0 Å². The van der Waals surface area contributed by atoms with E-state index in [-0.39, 0.29) is 12.1 Å². The zero-order valence-electron chi connectivity index (χ0n) is 12.5. The number of hydrogen-bond donors (Lipinski definition) is 2. The van der Waals surface area contributed by atoms with Gasteiger partial charge in [0.25, 0.3) is 5.88 Å². The average molecular weight is 315 g/mol. The molecule has 2 rings (SSSR count). The van der Waals surface area contributed by atoms with Gasteiger partial charge in [0.1, 0.15) is 12.7 Å². The second-order valence-corrected chi connectivity index (χ2v) is 6.25. The molecule has 0 amide bonds. The Bertz CT molecular complexity index is 429. The van der Waals surface area contributed by atoms with Crippen molar-refractivity contribution in [2.45, 2.75) is 25.5 Å². The van der Waals surface area contributed by atoms with Gasteiger partial charge in [0.15, 0.2) is 5.54 Å². The SMILES string of the molecule is [CH2+]C(C)(C)NC[C@H](O)COc1nsnc1N1CCOCC1. The lowest BCUT2D eigenvalue weighted by molar-refractivity contribution is 0.0987. The van der Waals surface area contributed by atoms with Gasteiger partial charge in [-0.2, -0.15) is 4.37 Å². The van der Waals surface area contributed by atoms with E-state index in [1.807, 2.05) is 13.8 Å². The van der Waals surface area contributed by atoms with Gasteiger partial charge in [-0.05, 0) is 13.8 Å². The number of anilines is 1. The quantitative estimate of drug-likeness (QED) is 0.701.